The summed E-state index contributed by atoms with van der Waals surface area (Å²) in [7, 11) is 0. The van der Waals surface area contributed by atoms with E-state index in [1.54, 1.807) is 0 Å². The van der Waals surface area contributed by atoms with Gasteiger partial charge in [-0.2, -0.15) is 0 Å². The predicted molar refractivity (Wildman–Crippen MR) is 84.8 cm³/mol. The highest BCUT2D eigenvalue weighted by Crippen LogP contribution is 2.08. The summed E-state index contributed by atoms with van der Waals surface area (Å²) in [5.41, 5.74) is 0. The van der Waals surface area contributed by atoms with Crippen molar-refractivity contribution in [1.82, 2.24) is 5.32 Å². The molecule has 0 spiro atoms. The van der Waals surface area contributed by atoms with Gasteiger partial charge in [0.25, 0.3) is 10.2 Å². The number of hydrogen-bond donors (Lipinski definition) is 2. The molecule has 15 nitrogen and oxygen atoms in total. The quantitative estimate of drug-likeness (QED) is 0.169. The Labute approximate surface area is 155 Å². The van der Waals surface area contributed by atoms with Crippen molar-refractivity contribution >= 4 is 29.1 Å². The second-order valence-corrected chi connectivity index (χ2v) is 5.36. The van der Waals surface area contributed by atoms with Crippen molar-refractivity contribution in [2.75, 3.05) is 32.2 Å². The minimum atomic E-state index is -1.46. The molecule has 0 aliphatic rings. The van der Waals surface area contributed by atoms with Gasteiger partial charge < -0.3 is 29.6 Å². The van der Waals surface area contributed by atoms with Gasteiger partial charge in [-0.25, -0.2) is 14.4 Å². The Morgan fingerprint density at radius 1 is 0.963 bits per heavy atom. The number of rotatable bonds is 14. The third-order valence-corrected chi connectivity index (χ3v) is 3.24. The number of carbonyl (C=O) groups is 3. The van der Waals surface area contributed by atoms with E-state index in [1.807, 2.05) is 5.32 Å². The van der Waals surface area contributed by atoms with Crippen molar-refractivity contribution in [1.29, 1.82) is 0 Å². The molecule has 0 radical (unpaired) electrons. The molecule has 0 aromatic carbocycles. The normalized spacial score (nSPS) is 11.0. The average Bonchev–Trinajstić information content (AvgIpc) is 2.57. The lowest BCUT2D eigenvalue weighted by molar-refractivity contribution is -0.757. The van der Waals surface area contributed by atoms with Crippen LogP contribution in [0.25, 0.3) is 0 Å². The number of hydrogen-bond acceptors (Lipinski definition) is 12. The lowest BCUT2D eigenvalue weighted by Gasteiger charge is -2.13. The molecular weight excluding hydrogens is 398 g/mol. The highest BCUT2D eigenvalue weighted by molar-refractivity contribution is 8.13. The van der Waals surface area contributed by atoms with Gasteiger partial charge in [0.05, 0.1) is 26.4 Å². The first-order valence-corrected chi connectivity index (χ1v) is 8.21. The van der Waals surface area contributed by atoms with Gasteiger partial charge in [-0.05, 0) is 11.8 Å². The number of nitrogens with one attached hydrogen (secondary N) is 1. The molecule has 16 heteroatoms. The van der Waals surface area contributed by atoms with E-state index in [0.717, 1.165) is 0 Å². The van der Waals surface area contributed by atoms with E-state index in [1.165, 1.54) is 0 Å². The van der Waals surface area contributed by atoms with Crippen molar-refractivity contribution in [3.63, 3.8) is 0 Å². The Morgan fingerprint density at radius 2 is 1.48 bits per heavy atom. The van der Waals surface area contributed by atoms with Crippen LogP contribution in [0, 0.1) is 20.2 Å². The third-order valence-electron chi connectivity index (χ3n) is 2.38. The fraction of sp³-hybridized carbons (Fsp3) is 0.727. The average molecular weight is 415 g/mol. The number of carboxylic acid groups (broad SMARTS) is 1. The topological polar surface area (TPSA) is 207 Å². The summed E-state index contributed by atoms with van der Waals surface area (Å²) in [4.78, 5) is 61.7. The largest absolute Gasteiger partial charge is 0.480 e. The fourth-order valence-corrected chi connectivity index (χ4v) is 1.96. The maximum Gasteiger partial charge on any atom is 0.407 e. The minimum absolute atomic E-state index is 0.0212. The van der Waals surface area contributed by atoms with Crippen LogP contribution in [0.15, 0.2) is 0 Å². The van der Waals surface area contributed by atoms with E-state index in [0.29, 0.717) is 11.8 Å². The number of aliphatic carboxylic acids is 1. The number of carboxylic acids is 1. The first kappa shape index (κ1) is 24.0. The SMILES string of the molecule is O=C(NC(CSC(=O)OCCCO[N+](=O)[O-])C(=O)O)OCCCO[N+](=O)[O-]. The molecule has 0 bridgehead atoms. The number of nitrogens with zero attached hydrogens (tertiary/aromatic N) is 2. The minimum Gasteiger partial charge on any atom is -0.480 e. The lowest BCUT2D eigenvalue weighted by atomic mass is 10.3. The lowest BCUT2D eigenvalue weighted by Crippen LogP contribution is -2.43. The van der Waals surface area contributed by atoms with Crippen LogP contribution in [0.3, 0.4) is 0 Å². The first-order valence-electron chi connectivity index (χ1n) is 7.22. The Morgan fingerprint density at radius 3 is 1.96 bits per heavy atom. The Balaban J connectivity index is 3.99. The van der Waals surface area contributed by atoms with Gasteiger partial charge in [-0.3, -0.25) is 0 Å². The van der Waals surface area contributed by atoms with Gasteiger partial charge in [0.15, 0.2) is 0 Å². The van der Waals surface area contributed by atoms with Crippen LogP contribution in [0.5, 0.6) is 0 Å². The zero-order valence-corrected chi connectivity index (χ0v) is 14.6. The summed E-state index contributed by atoms with van der Waals surface area (Å²) < 4.78 is 9.30. The molecule has 0 rings (SSSR count). The molecule has 1 amide bonds. The maximum atomic E-state index is 11.4. The van der Waals surface area contributed by atoms with E-state index in [-0.39, 0.29) is 45.0 Å². The summed E-state index contributed by atoms with van der Waals surface area (Å²) in [6.07, 6.45) is -0.997. The van der Waals surface area contributed by atoms with E-state index < -0.39 is 33.6 Å². The second-order valence-electron chi connectivity index (χ2n) is 4.40. The summed E-state index contributed by atoms with van der Waals surface area (Å²) in [6.45, 7) is -0.966. The van der Waals surface area contributed by atoms with E-state index in [9.17, 15) is 34.6 Å². The fourth-order valence-electron chi connectivity index (χ4n) is 1.27. The molecule has 1 atom stereocenters. The van der Waals surface area contributed by atoms with Gasteiger partial charge >= 0.3 is 17.4 Å². The van der Waals surface area contributed by atoms with Crippen LogP contribution < -0.4 is 5.32 Å². The molecule has 27 heavy (non-hydrogen) atoms. The molecule has 0 fully saturated rings. The number of carbonyl (C=O) groups excluding carboxylic acids is 2. The van der Waals surface area contributed by atoms with Crippen LogP contribution in [0.1, 0.15) is 12.8 Å². The standard InChI is InChI=1S/C11H17N3O12S/c15-9(16)8(12-10(17)23-3-1-5-25-13(19)20)7-27-11(18)24-4-2-6-26-14(21)22/h8H,1-7H2,(H,12,17)(H,15,16). The number of alkyl carbamates (subject to hydrolysis) is 1. The van der Waals surface area contributed by atoms with E-state index in [4.69, 9.17) is 5.11 Å². The molecule has 1 unspecified atom stereocenters. The Kier molecular flexibility index (Phi) is 12.6. The third kappa shape index (κ3) is 15.0. The number of ether oxygens (including phenoxy) is 2. The van der Waals surface area contributed by atoms with Gasteiger partial charge in [-0.1, -0.05) is 0 Å². The highest BCUT2D eigenvalue weighted by Gasteiger charge is 2.22. The van der Waals surface area contributed by atoms with E-state index >= 15 is 0 Å². The molecule has 0 saturated heterocycles. The van der Waals surface area contributed by atoms with Crippen LogP contribution in [-0.4, -0.2) is 70.9 Å². The molecule has 2 N–H and O–H groups in total. The van der Waals surface area contributed by atoms with Gasteiger partial charge in [-0.15, -0.1) is 20.2 Å². The molecule has 0 aliphatic carbocycles. The van der Waals surface area contributed by atoms with Crippen molar-refractivity contribution < 1.29 is 48.8 Å². The molecular formula is C11H17N3O12S. The highest BCUT2D eigenvalue weighted by atomic mass is 32.2. The zero-order chi connectivity index (χ0) is 20.7. The Bertz CT molecular complexity index is 531. The molecule has 0 aliphatic heterocycles. The van der Waals surface area contributed by atoms with E-state index in [2.05, 4.69) is 19.1 Å². The van der Waals surface area contributed by atoms with Crippen molar-refractivity contribution in [2.24, 2.45) is 0 Å². The van der Waals surface area contributed by atoms with Crippen LogP contribution in [0.4, 0.5) is 9.59 Å². The zero-order valence-electron chi connectivity index (χ0n) is 13.8. The van der Waals surface area contributed by atoms with Gasteiger partial charge in [0.2, 0.25) is 0 Å². The summed E-state index contributed by atoms with van der Waals surface area (Å²) >= 11 is 0.472. The molecule has 0 aromatic rings. The second kappa shape index (κ2) is 14.2. The van der Waals surface area contributed by atoms with Crippen molar-refractivity contribution in [2.45, 2.75) is 18.9 Å². The molecule has 0 heterocycles. The van der Waals surface area contributed by atoms with Crippen molar-refractivity contribution in [3.8, 4) is 0 Å². The van der Waals surface area contributed by atoms with Crippen LogP contribution in [-0.2, 0) is 23.9 Å². The number of thioether (sulfide) groups is 1. The number of amides is 1. The smallest absolute Gasteiger partial charge is 0.407 e. The molecule has 154 valence electrons. The van der Waals surface area contributed by atoms with Gasteiger partial charge in [0.1, 0.15) is 6.04 Å². The molecule has 0 aromatic heterocycles. The summed E-state index contributed by atoms with van der Waals surface area (Å²) in [5.74, 6) is -1.79. The summed E-state index contributed by atoms with van der Waals surface area (Å²) in [6, 6.07) is -1.46. The van der Waals surface area contributed by atoms with Crippen LogP contribution >= 0.6 is 11.8 Å². The maximum absolute atomic E-state index is 11.4. The predicted octanol–water partition coefficient (Wildman–Crippen LogP) is 0.232. The Hall–Kier alpha value is -3.04. The van der Waals surface area contributed by atoms with Crippen LogP contribution in [0.2, 0.25) is 0 Å². The molecule has 0 saturated carbocycles. The van der Waals surface area contributed by atoms with Gasteiger partial charge in [0, 0.05) is 18.6 Å². The van der Waals surface area contributed by atoms with Crippen molar-refractivity contribution in [3.05, 3.63) is 20.2 Å². The monoisotopic (exact) mass is 415 g/mol. The summed E-state index contributed by atoms with van der Waals surface area (Å²) in [5, 5.41) is 27.9. The first-order chi connectivity index (χ1) is 12.7.